The van der Waals surface area contributed by atoms with Crippen LogP contribution in [0.5, 0.6) is 17.5 Å². The van der Waals surface area contributed by atoms with Crippen LogP contribution in [0, 0.1) is 0 Å². The number of aromatic nitrogens is 2. The van der Waals surface area contributed by atoms with Crippen molar-refractivity contribution in [3.63, 3.8) is 0 Å². The highest BCUT2D eigenvalue weighted by atomic mass is 79.9. The van der Waals surface area contributed by atoms with E-state index >= 15 is 0 Å². The number of nitrogen functional groups attached to an aromatic ring is 1. The van der Waals surface area contributed by atoms with Crippen molar-refractivity contribution in [3.8, 4) is 17.5 Å². The maximum Gasteiger partial charge on any atom is 0.249 e. The lowest BCUT2D eigenvalue weighted by atomic mass is 10.3. The van der Waals surface area contributed by atoms with E-state index in [-0.39, 0.29) is 17.7 Å². The van der Waals surface area contributed by atoms with Crippen LogP contribution in [0.4, 0.5) is 5.69 Å². The van der Waals surface area contributed by atoms with Gasteiger partial charge in [0.05, 0.1) is 6.10 Å². The molecule has 6 heteroatoms. The molecule has 0 saturated carbocycles. The van der Waals surface area contributed by atoms with Crippen molar-refractivity contribution in [2.45, 2.75) is 20.0 Å². The number of rotatable bonds is 4. The third kappa shape index (κ3) is 3.57. The van der Waals surface area contributed by atoms with E-state index in [1.165, 1.54) is 6.33 Å². The SMILES string of the molecule is CC(C)Oc1ncnc(Oc2cccc(Br)c2)c1N. The zero-order chi connectivity index (χ0) is 13.8. The highest BCUT2D eigenvalue weighted by Gasteiger charge is 2.12. The van der Waals surface area contributed by atoms with Crippen molar-refractivity contribution >= 4 is 21.6 Å². The fourth-order valence-corrected chi connectivity index (χ4v) is 1.78. The molecule has 0 aliphatic carbocycles. The van der Waals surface area contributed by atoms with E-state index in [1.54, 1.807) is 0 Å². The summed E-state index contributed by atoms with van der Waals surface area (Å²) in [6.07, 6.45) is 1.34. The molecule has 0 radical (unpaired) electrons. The van der Waals surface area contributed by atoms with Crippen LogP contribution in [0.2, 0.25) is 0 Å². The first-order chi connectivity index (χ1) is 9.06. The second-order valence-corrected chi connectivity index (χ2v) is 5.04. The van der Waals surface area contributed by atoms with Crippen LogP contribution in [0.1, 0.15) is 13.8 Å². The van der Waals surface area contributed by atoms with Crippen molar-refractivity contribution in [1.29, 1.82) is 0 Å². The summed E-state index contributed by atoms with van der Waals surface area (Å²) in [5.74, 6) is 1.24. The lowest BCUT2D eigenvalue weighted by Gasteiger charge is -2.13. The van der Waals surface area contributed by atoms with Gasteiger partial charge in [-0.2, -0.15) is 9.97 Å². The summed E-state index contributed by atoms with van der Waals surface area (Å²) < 4.78 is 12.0. The van der Waals surface area contributed by atoms with Crippen LogP contribution >= 0.6 is 15.9 Å². The molecule has 0 atom stereocenters. The number of hydrogen-bond acceptors (Lipinski definition) is 5. The molecule has 0 saturated heterocycles. The highest BCUT2D eigenvalue weighted by molar-refractivity contribution is 9.10. The Balaban J connectivity index is 2.25. The minimum atomic E-state index is -0.0177. The van der Waals surface area contributed by atoms with Gasteiger partial charge in [0.15, 0.2) is 5.69 Å². The Morgan fingerprint density at radius 2 is 1.95 bits per heavy atom. The molecule has 0 fully saturated rings. The highest BCUT2D eigenvalue weighted by Crippen LogP contribution is 2.31. The molecule has 0 bridgehead atoms. The summed E-state index contributed by atoms with van der Waals surface area (Å²) in [6.45, 7) is 3.80. The zero-order valence-corrected chi connectivity index (χ0v) is 12.2. The molecule has 0 unspecified atom stereocenters. The monoisotopic (exact) mass is 323 g/mol. The first-order valence-electron chi connectivity index (χ1n) is 5.77. The normalized spacial score (nSPS) is 10.5. The average Bonchev–Trinajstić information content (AvgIpc) is 2.34. The third-order valence-corrected chi connectivity index (χ3v) is 2.66. The predicted octanol–water partition coefficient (Wildman–Crippen LogP) is 3.40. The topological polar surface area (TPSA) is 70.3 Å². The van der Waals surface area contributed by atoms with Gasteiger partial charge in [0, 0.05) is 4.47 Å². The zero-order valence-electron chi connectivity index (χ0n) is 10.6. The molecule has 2 N–H and O–H groups in total. The largest absolute Gasteiger partial charge is 0.473 e. The minimum absolute atomic E-state index is 0.0177. The molecule has 2 aromatic rings. The van der Waals surface area contributed by atoms with Gasteiger partial charge in [0.25, 0.3) is 0 Å². The predicted molar refractivity (Wildman–Crippen MR) is 76.4 cm³/mol. The van der Waals surface area contributed by atoms with E-state index in [0.29, 0.717) is 11.6 Å². The fraction of sp³-hybridized carbons (Fsp3) is 0.231. The second-order valence-electron chi connectivity index (χ2n) is 4.12. The Hall–Kier alpha value is -1.82. The first kappa shape index (κ1) is 13.6. The lowest BCUT2D eigenvalue weighted by molar-refractivity contribution is 0.233. The maximum absolute atomic E-state index is 5.93. The summed E-state index contributed by atoms with van der Waals surface area (Å²) >= 11 is 3.37. The summed E-state index contributed by atoms with van der Waals surface area (Å²) in [6, 6.07) is 7.41. The minimum Gasteiger partial charge on any atom is -0.473 e. The van der Waals surface area contributed by atoms with Crippen LogP contribution in [-0.4, -0.2) is 16.1 Å². The van der Waals surface area contributed by atoms with Gasteiger partial charge in [-0.05, 0) is 32.0 Å². The fourth-order valence-electron chi connectivity index (χ4n) is 1.40. The maximum atomic E-state index is 5.93. The second kappa shape index (κ2) is 5.88. The van der Waals surface area contributed by atoms with E-state index < -0.39 is 0 Å². The van der Waals surface area contributed by atoms with Gasteiger partial charge in [-0.15, -0.1) is 0 Å². The third-order valence-electron chi connectivity index (χ3n) is 2.17. The smallest absolute Gasteiger partial charge is 0.249 e. The molecule has 5 nitrogen and oxygen atoms in total. The summed E-state index contributed by atoms with van der Waals surface area (Å²) in [5.41, 5.74) is 6.22. The van der Waals surface area contributed by atoms with Crippen LogP contribution in [0.3, 0.4) is 0 Å². The van der Waals surface area contributed by atoms with E-state index in [1.807, 2.05) is 38.1 Å². The molecule has 0 amide bonds. The van der Waals surface area contributed by atoms with E-state index in [4.69, 9.17) is 15.2 Å². The Kier molecular flexibility index (Phi) is 4.21. The summed E-state index contributed by atoms with van der Waals surface area (Å²) in [7, 11) is 0. The quantitative estimate of drug-likeness (QED) is 0.933. The van der Waals surface area contributed by atoms with Crippen LogP contribution < -0.4 is 15.2 Å². The van der Waals surface area contributed by atoms with E-state index in [9.17, 15) is 0 Å². The number of nitrogens with zero attached hydrogens (tertiary/aromatic N) is 2. The van der Waals surface area contributed by atoms with Crippen molar-refractivity contribution in [3.05, 3.63) is 35.1 Å². The van der Waals surface area contributed by atoms with Gasteiger partial charge in [-0.3, -0.25) is 0 Å². The molecule has 100 valence electrons. The number of nitrogens with two attached hydrogens (primary N) is 1. The van der Waals surface area contributed by atoms with Crippen LogP contribution in [0.25, 0.3) is 0 Å². The molecular formula is C13H14BrN3O2. The van der Waals surface area contributed by atoms with Crippen molar-refractivity contribution in [1.82, 2.24) is 9.97 Å². The van der Waals surface area contributed by atoms with Crippen LogP contribution in [-0.2, 0) is 0 Å². The molecule has 1 aromatic carbocycles. The molecule has 1 aromatic heterocycles. The Bertz CT molecular complexity index is 576. The van der Waals surface area contributed by atoms with Gasteiger partial charge in [-0.1, -0.05) is 22.0 Å². The summed E-state index contributed by atoms with van der Waals surface area (Å²) in [5, 5.41) is 0. The van der Waals surface area contributed by atoms with Gasteiger partial charge >= 0.3 is 0 Å². The standard InChI is InChI=1S/C13H14BrN3O2/c1-8(2)18-12-11(15)13(17-7-16-12)19-10-5-3-4-9(14)6-10/h3-8H,15H2,1-2H3. The Morgan fingerprint density at radius 1 is 1.21 bits per heavy atom. The summed E-state index contributed by atoms with van der Waals surface area (Å²) in [4.78, 5) is 8.01. The molecule has 0 aliphatic heterocycles. The van der Waals surface area contributed by atoms with Crippen molar-refractivity contribution in [2.24, 2.45) is 0 Å². The van der Waals surface area contributed by atoms with E-state index in [0.717, 1.165) is 4.47 Å². The lowest BCUT2D eigenvalue weighted by Crippen LogP contribution is -2.10. The number of anilines is 1. The Morgan fingerprint density at radius 3 is 2.63 bits per heavy atom. The van der Waals surface area contributed by atoms with Gasteiger partial charge in [0.1, 0.15) is 12.1 Å². The number of hydrogen-bond donors (Lipinski definition) is 1. The number of benzene rings is 1. The molecule has 0 spiro atoms. The molecule has 2 rings (SSSR count). The number of halogens is 1. The molecule has 0 aliphatic rings. The van der Waals surface area contributed by atoms with Crippen molar-refractivity contribution < 1.29 is 9.47 Å². The van der Waals surface area contributed by atoms with Gasteiger partial charge in [-0.25, -0.2) is 0 Å². The van der Waals surface area contributed by atoms with Gasteiger partial charge < -0.3 is 15.2 Å². The van der Waals surface area contributed by atoms with Crippen molar-refractivity contribution in [2.75, 3.05) is 5.73 Å². The molecule has 1 heterocycles. The molecular weight excluding hydrogens is 310 g/mol. The average molecular weight is 324 g/mol. The van der Waals surface area contributed by atoms with Gasteiger partial charge in [0.2, 0.25) is 11.8 Å². The van der Waals surface area contributed by atoms with Crippen LogP contribution in [0.15, 0.2) is 35.1 Å². The first-order valence-corrected chi connectivity index (χ1v) is 6.56. The molecule has 19 heavy (non-hydrogen) atoms. The number of ether oxygens (including phenoxy) is 2. The Labute approximate surface area is 119 Å². The van der Waals surface area contributed by atoms with E-state index in [2.05, 4.69) is 25.9 Å².